The van der Waals surface area contributed by atoms with E-state index in [-0.39, 0.29) is 12.1 Å². The van der Waals surface area contributed by atoms with Crippen molar-refractivity contribution in [3.05, 3.63) is 35.9 Å². The van der Waals surface area contributed by atoms with Gasteiger partial charge >= 0.3 is 5.97 Å². The molecule has 0 spiro atoms. The Balaban J connectivity index is 1.57. The maximum Gasteiger partial charge on any atom is 0.309 e. The Bertz CT molecular complexity index is 313. The SMILES string of the molecule is O=C1CC(CCOCc2ccccc2)O1. The maximum atomic E-state index is 10.5. The van der Waals surface area contributed by atoms with Gasteiger partial charge in [-0.2, -0.15) is 0 Å². The molecule has 3 nitrogen and oxygen atoms in total. The summed E-state index contributed by atoms with van der Waals surface area (Å²) in [4.78, 5) is 10.5. The number of benzene rings is 1. The van der Waals surface area contributed by atoms with Gasteiger partial charge in [0.25, 0.3) is 0 Å². The van der Waals surface area contributed by atoms with E-state index in [0.29, 0.717) is 19.6 Å². The van der Waals surface area contributed by atoms with Crippen LogP contribution >= 0.6 is 0 Å². The normalized spacial score (nSPS) is 19.5. The van der Waals surface area contributed by atoms with E-state index in [2.05, 4.69) is 0 Å². The third-order valence-corrected chi connectivity index (χ3v) is 2.39. The van der Waals surface area contributed by atoms with Crippen LogP contribution in [0.2, 0.25) is 0 Å². The molecule has 1 aromatic carbocycles. The van der Waals surface area contributed by atoms with Crippen molar-refractivity contribution >= 4 is 5.97 Å². The van der Waals surface area contributed by atoms with Gasteiger partial charge in [0.15, 0.2) is 0 Å². The minimum Gasteiger partial charge on any atom is -0.462 e. The lowest BCUT2D eigenvalue weighted by molar-refractivity contribution is -0.170. The molecule has 1 aromatic rings. The highest BCUT2D eigenvalue weighted by atomic mass is 16.6. The van der Waals surface area contributed by atoms with Gasteiger partial charge in [-0.15, -0.1) is 0 Å². The quantitative estimate of drug-likeness (QED) is 0.545. The summed E-state index contributed by atoms with van der Waals surface area (Å²) in [5.41, 5.74) is 1.17. The smallest absolute Gasteiger partial charge is 0.309 e. The number of carbonyl (C=O) groups is 1. The van der Waals surface area contributed by atoms with Crippen LogP contribution in [0.1, 0.15) is 18.4 Å². The number of hydrogen-bond donors (Lipinski definition) is 0. The second-order valence-corrected chi connectivity index (χ2v) is 3.64. The largest absolute Gasteiger partial charge is 0.462 e. The molecule has 0 aromatic heterocycles. The van der Waals surface area contributed by atoms with Crippen LogP contribution in [-0.4, -0.2) is 18.7 Å². The van der Waals surface area contributed by atoms with Crippen LogP contribution in [0, 0.1) is 0 Å². The van der Waals surface area contributed by atoms with Crippen molar-refractivity contribution in [1.82, 2.24) is 0 Å². The molecule has 1 atom stereocenters. The maximum absolute atomic E-state index is 10.5. The minimum atomic E-state index is -0.0944. The van der Waals surface area contributed by atoms with E-state index in [1.165, 1.54) is 5.56 Å². The molecule has 1 aliphatic heterocycles. The zero-order valence-electron chi connectivity index (χ0n) is 8.52. The average Bonchev–Trinajstić information content (AvgIpc) is 2.23. The number of ether oxygens (including phenoxy) is 2. The van der Waals surface area contributed by atoms with E-state index in [9.17, 15) is 4.79 Å². The molecule has 1 saturated heterocycles. The van der Waals surface area contributed by atoms with E-state index in [4.69, 9.17) is 9.47 Å². The van der Waals surface area contributed by atoms with Crippen LogP contribution < -0.4 is 0 Å². The molecule has 1 unspecified atom stereocenters. The number of carbonyl (C=O) groups excluding carboxylic acids is 1. The molecule has 0 aliphatic carbocycles. The van der Waals surface area contributed by atoms with Crippen LogP contribution in [0.15, 0.2) is 30.3 Å². The highest BCUT2D eigenvalue weighted by molar-refractivity contribution is 5.75. The van der Waals surface area contributed by atoms with Crippen LogP contribution in [0.5, 0.6) is 0 Å². The number of cyclic esters (lactones) is 1. The van der Waals surface area contributed by atoms with E-state index in [1.54, 1.807) is 0 Å². The van der Waals surface area contributed by atoms with Gasteiger partial charge in [-0.3, -0.25) is 4.79 Å². The van der Waals surface area contributed by atoms with Gasteiger partial charge in [0.1, 0.15) is 6.10 Å². The van der Waals surface area contributed by atoms with Gasteiger partial charge in [0.05, 0.1) is 19.6 Å². The summed E-state index contributed by atoms with van der Waals surface area (Å²) in [6, 6.07) is 10.0. The number of hydrogen-bond acceptors (Lipinski definition) is 3. The number of rotatable bonds is 5. The first kappa shape index (κ1) is 10.2. The molecule has 1 heterocycles. The Kier molecular flexibility index (Phi) is 3.35. The van der Waals surface area contributed by atoms with Crippen molar-refractivity contribution in [2.24, 2.45) is 0 Å². The zero-order valence-corrected chi connectivity index (χ0v) is 8.52. The Morgan fingerprint density at radius 2 is 2.07 bits per heavy atom. The first-order chi connectivity index (χ1) is 7.34. The van der Waals surface area contributed by atoms with Crippen molar-refractivity contribution in [1.29, 1.82) is 0 Å². The Hall–Kier alpha value is -1.35. The molecule has 2 rings (SSSR count). The fourth-order valence-electron chi connectivity index (χ4n) is 1.50. The summed E-state index contributed by atoms with van der Waals surface area (Å²) in [5.74, 6) is -0.0944. The van der Waals surface area contributed by atoms with Crippen molar-refractivity contribution in [3.8, 4) is 0 Å². The molecule has 0 amide bonds. The van der Waals surface area contributed by atoms with Gasteiger partial charge in [-0.05, 0) is 5.56 Å². The molecular formula is C12H14O3. The number of esters is 1. The van der Waals surface area contributed by atoms with Gasteiger partial charge in [-0.1, -0.05) is 30.3 Å². The molecule has 0 saturated carbocycles. The first-order valence-corrected chi connectivity index (χ1v) is 5.16. The van der Waals surface area contributed by atoms with Crippen molar-refractivity contribution in [2.75, 3.05) is 6.61 Å². The van der Waals surface area contributed by atoms with Crippen molar-refractivity contribution in [2.45, 2.75) is 25.6 Å². The van der Waals surface area contributed by atoms with E-state index >= 15 is 0 Å². The van der Waals surface area contributed by atoms with Crippen molar-refractivity contribution in [3.63, 3.8) is 0 Å². The summed E-state index contributed by atoms with van der Waals surface area (Å²) in [6.45, 7) is 1.27. The Labute approximate surface area is 89.0 Å². The summed E-state index contributed by atoms with van der Waals surface area (Å²) < 4.78 is 10.3. The van der Waals surface area contributed by atoms with E-state index < -0.39 is 0 Å². The predicted molar refractivity (Wildman–Crippen MR) is 55.2 cm³/mol. The second kappa shape index (κ2) is 4.94. The van der Waals surface area contributed by atoms with Gasteiger partial charge in [0, 0.05) is 6.42 Å². The summed E-state index contributed by atoms with van der Waals surface area (Å²) >= 11 is 0. The fraction of sp³-hybridized carbons (Fsp3) is 0.417. The van der Waals surface area contributed by atoms with Gasteiger partial charge in [0.2, 0.25) is 0 Å². The highest BCUT2D eigenvalue weighted by Crippen LogP contribution is 2.16. The Morgan fingerprint density at radius 3 is 2.73 bits per heavy atom. The predicted octanol–water partition coefficient (Wildman–Crippen LogP) is 1.91. The minimum absolute atomic E-state index is 0.0910. The lowest BCUT2D eigenvalue weighted by atomic mass is 10.1. The summed E-state index contributed by atoms with van der Waals surface area (Å²) in [5, 5.41) is 0. The molecule has 80 valence electrons. The molecule has 0 N–H and O–H groups in total. The molecule has 1 aliphatic rings. The van der Waals surface area contributed by atoms with Crippen LogP contribution in [0.4, 0.5) is 0 Å². The lowest BCUT2D eigenvalue weighted by Crippen LogP contribution is -2.33. The van der Waals surface area contributed by atoms with E-state index in [1.807, 2.05) is 30.3 Å². The summed E-state index contributed by atoms with van der Waals surface area (Å²) in [7, 11) is 0. The van der Waals surface area contributed by atoms with Crippen molar-refractivity contribution < 1.29 is 14.3 Å². The van der Waals surface area contributed by atoms with Gasteiger partial charge in [-0.25, -0.2) is 0 Å². The first-order valence-electron chi connectivity index (χ1n) is 5.16. The van der Waals surface area contributed by atoms with Crippen LogP contribution in [0.3, 0.4) is 0 Å². The van der Waals surface area contributed by atoms with E-state index in [0.717, 1.165) is 6.42 Å². The molecule has 15 heavy (non-hydrogen) atoms. The topological polar surface area (TPSA) is 35.5 Å². The molecule has 0 radical (unpaired) electrons. The lowest BCUT2D eigenvalue weighted by Gasteiger charge is -2.25. The Morgan fingerprint density at radius 1 is 1.33 bits per heavy atom. The third kappa shape index (κ3) is 3.06. The average molecular weight is 206 g/mol. The van der Waals surface area contributed by atoms with Crippen LogP contribution in [0.25, 0.3) is 0 Å². The standard InChI is InChI=1S/C12H14O3/c13-12-8-11(15-12)6-7-14-9-10-4-2-1-3-5-10/h1-5,11H,6-9H2. The monoisotopic (exact) mass is 206 g/mol. The van der Waals surface area contributed by atoms with Crippen LogP contribution in [-0.2, 0) is 20.9 Å². The second-order valence-electron chi connectivity index (χ2n) is 3.64. The third-order valence-electron chi connectivity index (χ3n) is 2.39. The van der Waals surface area contributed by atoms with Gasteiger partial charge < -0.3 is 9.47 Å². The highest BCUT2D eigenvalue weighted by Gasteiger charge is 2.27. The molecule has 0 bridgehead atoms. The fourth-order valence-corrected chi connectivity index (χ4v) is 1.50. The summed E-state index contributed by atoms with van der Waals surface area (Å²) in [6.07, 6.45) is 1.45. The molecular weight excluding hydrogens is 192 g/mol. The molecule has 1 fully saturated rings. The molecule has 3 heteroatoms. The zero-order chi connectivity index (χ0) is 10.5.